The molecule has 0 saturated carbocycles. The highest BCUT2D eigenvalue weighted by Crippen LogP contribution is 2.19. The predicted octanol–water partition coefficient (Wildman–Crippen LogP) is 3.41. The number of carbonyl (C=O) groups is 1. The van der Waals surface area contributed by atoms with Gasteiger partial charge in [-0.3, -0.25) is 4.79 Å². The largest absolute Gasteiger partial charge is 0.478 e. The molecule has 4 nitrogen and oxygen atoms in total. The summed E-state index contributed by atoms with van der Waals surface area (Å²) in [6, 6.07) is 6.10. The van der Waals surface area contributed by atoms with Crippen molar-refractivity contribution >= 4 is 17.2 Å². The third-order valence-electron chi connectivity index (χ3n) is 3.17. The van der Waals surface area contributed by atoms with E-state index in [0.717, 1.165) is 10.7 Å². The van der Waals surface area contributed by atoms with Gasteiger partial charge in [-0.05, 0) is 25.5 Å². The standard InChI is InChI=1S/C16H19FN2O2S/c1-4-13(21-14-8-6-5-7-12(14)17)16(20)19(3)9-15-18-11(2)10-22-15/h5-8,10,13H,4,9H2,1-3H3/t13-/m1/s1. The molecule has 1 amide bonds. The van der Waals surface area contributed by atoms with E-state index in [0.29, 0.717) is 13.0 Å². The van der Waals surface area contributed by atoms with E-state index in [2.05, 4.69) is 4.98 Å². The summed E-state index contributed by atoms with van der Waals surface area (Å²) in [4.78, 5) is 18.4. The lowest BCUT2D eigenvalue weighted by atomic mass is 10.2. The Kier molecular flexibility index (Phi) is 5.49. The number of aryl methyl sites for hydroxylation is 1. The van der Waals surface area contributed by atoms with E-state index in [-0.39, 0.29) is 11.7 Å². The quantitative estimate of drug-likeness (QED) is 0.818. The highest BCUT2D eigenvalue weighted by atomic mass is 32.1. The smallest absolute Gasteiger partial charge is 0.263 e. The van der Waals surface area contributed by atoms with Crippen molar-refractivity contribution in [2.24, 2.45) is 0 Å². The first-order valence-electron chi connectivity index (χ1n) is 7.08. The molecule has 0 bridgehead atoms. The average Bonchev–Trinajstić information content (AvgIpc) is 2.91. The van der Waals surface area contributed by atoms with Crippen LogP contribution in [0.1, 0.15) is 24.0 Å². The van der Waals surface area contributed by atoms with Gasteiger partial charge >= 0.3 is 0 Å². The van der Waals surface area contributed by atoms with Crippen LogP contribution in [0.3, 0.4) is 0 Å². The van der Waals surface area contributed by atoms with Crippen LogP contribution in [-0.2, 0) is 11.3 Å². The minimum atomic E-state index is -0.706. The van der Waals surface area contributed by atoms with Gasteiger partial charge in [0, 0.05) is 18.1 Å². The molecule has 0 spiro atoms. The van der Waals surface area contributed by atoms with Gasteiger partial charge < -0.3 is 9.64 Å². The number of rotatable bonds is 6. The number of carbonyl (C=O) groups excluding carboxylic acids is 1. The van der Waals surface area contributed by atoms with Crippen molar-refractivity contribution in [3.63, 3.8) is 0 Å². The topological polar surface area (TPSA) is 42.4 Å². The van der Waals surface area contributed by atoms with E-state index >= 15 is 0 Å². The van der Waals surface area contributed by atoms with Gasteiger partial charge in [-0.2, -0.15) is 0 Å². The first-order chi connectivity index (χ1) is 10.5. The second kappa shape index (κ2) is 7.35. The fourth-order valence-corrected chi connectivity index (χ4v) is 2.83. The molecule has 118 valence electrons. The summed E-state index contributed by atoms with van der Waals surface area (Å²) in [6.45, 7) is 4.18. The Morgan fingerprint density at radius 3 is 2.77 bits per heavy atom. The number of halogens is 1. The maximum Gasteiger partial charge on any atom is 0.263 e. The third kappa shape index (κ3) is 4.04. The zero-order chi connectivity index (χ0) is 16.1. The van der Waals surface area contributed by atoms with Gasteiger partial charge in [0.15, 0.2) is 17.7 Å². The summed E-state index contributed by atoms with van der Waals surface area (Å²) >= 11 is 1.52. The number of hydrogen-bond acceptors (Lipinski definition) is 4. The Labute approximate surface area is 133 Å². The fourth-order valence-electron chi connectivity index (χ4n) is 2.00. The van der Waals surface area contributed by atoms with Crippen LogP contribution in [0.5, 0.6) is 5.75 Å². The van der Waals surface area contributed by atoms with Crippen molar-refractivity contribution in [3.05, 3.63) is 46.2 Å². The normalized spacial score (nSPS) is 12.0. The molecular formula is C16H19FN2O2S. The van der Waals surface area contributed by atoms with E-state index in [9.17, 15) is 9.18 Å². The molecule has 0 unspecified atom stereocenters. The molecule has 1 heterocycles. The molecule has 1 atom stereocenters. The second-order valence-corrected chi connectivity index (χ2v) is 5.96. The van der Waals surface area contributed by atoms with Gasteiger partial charge in [0.25, 0.3) is 5.91 Å². The highest BCUT2D eigenvalue weighted by molar-refractivity contribution is 7.09. The molecule has 0 radical (unpaired) electrons. The van der Waals surface area contributed by atoms with Gasteiger partial charge in [0.1, 0.15) is 5.01 Å². The predicted molar refractivity (Wildman–Crippen MR) is 84.4 cm³/mol. The van der Waals surface area contributed by atoms with Crippen molar-refractivity contribution in [1.82, 2.24) is 9.88 Å². The van der Waals surface area contributed by atoms with Crippen LogP contribution in [0.2, 0.25) is 0 Å². The Morgan fingerprint density at radius 1 is 1.45 bits per heavy atom. The Hall–Kier alpha value is -1.95. The number of nitrogens with zero attached hydrogens (tertiary/aromatic N) is 2. The van der Waals surface area contributed by atoms with E-state index in [1.165, 1.54) is 23.5 Å². The Bertz CT molecular complexity index is 645. The molecule has 1 aromatic heterocycles. The van der Waals surface area contributed by atoms with Crippen molar-refractivity contribution in [2.45, 2.75) is 32.9 Å². The van der Waals surface area contributed by atoms with Gasteiger partial charge in [0.05, 0.1) is 6.54 Å². The lowest BCUT2D eigenvalue weighted by Crippen LogP contribution is -2.39. The molecule has 0 aliphatic rings. The third-order valence-corrected chi connectivity index (χ3v) is 4.12. The summed E-state index contributed by atoms with van der Waals surface area (Å²) in [5.74, 6) is -0.549. The number of ether oxygens (including phenoxy) is 1. The first-order valence-corrected chi connectivity index (χ1v) is 7.96. The molecule has 0 aliphatic heterocycles. The van der Waals surface area contributed by atoms with Crippen LogP contribution in [0.15, 0.2) is 29.6 Å². The number of aromatic nitrogens is 1. The van der Waals surface area contributed by atoms with E-state index < -0.39 is 11.9 Å². The van der Waals surface area contributed by atoms with Crippen molar-refractivity contribution < 1.29 is 13.9 Å². The second-order valence-electron chi connectivity index (χ2n) is 5.02. The van der Waals surface area contributed by atoms with Crippen LogP contribution >= 0.6 is 11.3 Å². The summed E-state index contributed by atoms with van der Waals surface area (Å²) in [5, 5.41) is 2.81. The van der Waals surface area contributed by atoms with Crippen LogP contribution < -0.4 is 4.74 Å². The SMILES string of the molecule is CC[C@@H](Oc1ccccc1F)C(=O)N(C)Cc1nc(C)cs1. The maximum absolute atomic E-state index is 13.6. The summed E-state index contributed by atoms with van der Waals surface area (Å²) < 4.78 is 19.2. The maximum atomic E-state index is 13.6. The molecule has 0 aliphatic carbocycles. The van der Waals surface area contributed by atoms with Gasteiger partial charge in [0.2, 0.25) is 0 Å². The number of para-hydroxylation sites is 1. The monoisotopic (exact) mass is 322 g/mol. The van der Waals surface area contributed by atoms with Crippen LogP contribution in [0.25, 0.3) is 0 Å². The zero-order valence-electron chi connectivity index (χ0n) is 12.9. The molecular weight excluding hydrogens is 303 g/mol. The zero-order valence-corrected chi connectivity index (χ0v) is 13.7. The van der Waals surface area contributed by atoms with Crippen LogP contribution in [-0.4, -0.2) is 28.9 Å². The first kappa shape index (κ1) is 16.4. The van der Waals surface area contributed by atoms with Crippen molar-refractivity contribution in [1.29, 1.82) is 0 Å². The molecule has 1 aromatic carbocycles. The fraction of sp³-hybridized carbons (Fsp3) is 0.375. The van der Waals surface area contributed by atoms with Crippen LogP contribution in [0.4, 0.5) is 4.39 Å². The van der Waals surface area contributed by atoms with Crippen LogP contribution in [0, 0.1) is 12.7 Å². The van der Waals surface area contributed by atoms with Crippen molar-refractivity contribution in [3.8, 4) is 5.75 Å². The molecule has 0 N–H and O–H groups in total. The minimum Gasteiger partial charge on any atom is -0.478 e. The van der Waals surface area contributed by atoms with E-state index in [1.807, 2.05) is 19.2 Å². The Balaban J connectivity index is 2.03. The number of benzene rings is 1. The molecule has 2 rings (SSSR count). The molecule has 0 fully saturated rings. The molecule has 22 heavy (non-hydrogen) atoms. The van der Waals surface area contributed by atoms with Gasteiger partial charge in [-0.15, -0.1) is 11.3 Å². The van der Waals surface area contributed by atoms with E-state index in [4.69, 9.17) is 4.74 Å². The van der Waals surface area contributed by atoms with Gasteiger partial charge in [-0.1, -0.05) is 19.1 Å². The van der Waals surface area contributed by atoms with Gasteiger partial charge in [-0.25, -0.2) is 9.37 Å². The lowest BCUT2D eigenvalue weighted by Gasteiger charge is -2.23. The average molecular weight is 322 g/mol. The number of thiazole rings is 1. The highest BCUT2D eigenvalue weighted by Gasteiger charge is 2.24. The van der Waals surface area contributed by atoms with Crippen molar-refractivity contribution in [2.75, 3.05) is 7.05 Å². The molecule has 6 heteroatoms. The summed E-state index contributed by atoms with van der Waals surface area (Å²) in [6.07, 6.45) is -0.239. The lowest BCUT2D eigenvalue weighted by molar-refractivity contribution is -0.138. The number of amides is 1. The Morgan fingerprint density at radius 2 is 2.18 bits per heavy atom. The number of hydrogen-bond donors (Lipinski definition) is 0. The summed E-state index contributed by atoms with van der Waals surface area (Å²) in [7, 11) is 1.70. The molecule has 2 aromatic rings. The minimum absolute atomic E-state index is 0.0983. The summed E-state index contributed by atoms with van der Waals surface area (Å²) in [5.41, 5.74) is 0.940. The van der Waals surface area contributed by atoms with E-state index in [1.54, 1.807) is 24.1 Å². The molecule has 0 saturated heterocycles. The number of likely N-dealkylation sites (N-methyl/N-ethyl adjacent to an activating group) is 1.